The van der Waals surface area contributed by atoms with Gasteiger partial charge in [-0.25, -0.2) is 0 Å². The normalized spacial score (nSPS) is 37.7. The van der Waals surface area contributed by atoms with Gasteiger partial charge in [-0.1, -0.05) is 45.8 Å². The van der Waals surface area contributed by atoms with Crippen LogP contribution in [0, 0.1) is 23.2 Å². The Morgan fingerprint density at radius 3 is 2.43 bits per heavy atom. The van der Waals surface area contributed by atoms with Gasteiger partial charge in [0.15, 0.2) is 0 Å². The van der Waals surface area contributed by atoms with E-state index in [-0.39, 0.29) is 0 Å². The molecule has 3 unspecified atom stereocenters. The Morgan fingerprint density at radius 2 is 2.00 bits per heavy atom. The molecule has 0 N–H and O–H groups in total. The number of hydrogen-bond donors (Lipinski definition) is 0. The number of hydrogen-bond acceptors (Lipinski definition) is 0. The lowest BCUT2D eigenvalue weighted by atomic mass is 9.81. The zero-order valence-corrected chi connectivity index (χ0v) is 10.4. The molecule has 0 amide bonds. The lowest BCUT2D eigenvalue weighted by molar-refractivity contribution is 0.354. The van der Waals surface area contributed by atoms with E-state index in [0.29, 0.717) is 5.41 Å². The Labute approximate surface area is 88.8 Å². The van der Waals surface area contributed by atoms with Crippen LogP contribution in [0.25, 0.3) is 0 Å². The molecule has 2 rings (SSSR count). The molecule has 1 fully saturated rings. The molecule has 0 saturated heterocycles. The minimum absolute atomic E-state index is 0.606. The summed E-state index contributed by atoms with van der Waals surface area (Å²) in [6, 6.07) is 0. The van der Waals surface area contributed by atoms with Crippen LogP contribution in [0.15, 0.2) is 11.1 Å². The molecule has 3 atom stereocenters. The third-order valence-corrected chi connectivity index (χ3v) is 4.74. The van der Waals surface area contributed by atoms with Gasteiger partial charge in [0.2, 0.25) is 0 Å². The Bertz CT molecular complexity index is 272. The van der Waals surface area contributed by atoms with Crippen LogP contribution in [0.4, 0.5) is 0 Å². The van der Waals surface area contributed by atoms with E-state index in [0.717, 1.165) is 17.8 Å². The highest BCUT2D eigenvalue weighted by molar-refractivity contribution is 5.55. The van der Waals surface area contributed by atoms with Crippen LogP contribution in [0.5, 0.6) is 0 Å². The highest BCUT2D eigenvalue weighted by Gasteiger charge is 2.60. The Hall–Kier alpha value is -0.260. The lowest BCUT2D eigenvalue weighted by Crippen LogP contribution is -2.15. The van der Waals surface area contributed by atoms with Gasteiger partial charge in [-0.3, -0.25) is 0 Å². The summed E-state index contributed by atoms with van der Waals surface area (Å²) < 4.78 is 0. The van der Waals surface area contributed by atoms with Crippen molar-refractivity contribution in [3.05, 3.63) is 11.1 Å². The minimum atomic E-state index is 0.606. The zero-order chi connectivity index (χ0) is 10.5. The smallest absolute Gasteiger partial charge is 0.0155 e. The summed E-state index contributed by atoms with van der Waals surface area (Å²) in [5.74, 6) is 2.57. The average molecular weight is 192 g/mol. The fraction of sp³-hybridized carbons (Fsp3) is 0.857. The Morgan fingerprint density at radius 1 is 1.36 bits per heavy atom. The van der Waals surface area contributed by atoms with Crippen LogP contribution in [0.2, 0.25) is 0 Å². The van der Waals surface area contributed by atoms with Gasteiger partial charge in [0, 0.05) is 5.41 Å². The summed E-state index contributed by atoms with van der Waals surface area (Å²) in [4.78, 5) is 0. The maximum absolute atomic E-state index is 2.43. The van der Waals surface area contributed by atoms with Crippen LogP contribution in [-0.4, -0.2) is 0 Å². The Kier molecular flexibility index (Phi) is 2.28. The van der Waals surface area contributed by atoms with Gasteiger partial charge in [0.1, 0.15) is 0 Å². The molecular weight excluding hydrogens is 168 g/mol. The molecule has 2 aliphatic rings. The molecule has 0 heteroatoms. The molecule has 0 aliphatic heterocycles. The topological polar surface area (TPSA) is 0 Å². The zero-order valence-electron chi connectivity index (χ0n) is 10.4. The third kappa shape index (κ3) is 1.06. The predicted octanol–water partition coefficient (Wildman–Crippen LogP) is 4.42. The standard InChI is InChI=1S/C14H24/c1-6-10(4)12-13-11(5)7-8-14(12,13)9(2)3/h9-11H,6-8H2,1-5H3. The molecule has 14 heavy (non-hydrogen) atoms. The first-order valence-electron chi connectivity index (χ1n) is 6.30. The van der Waals surface area contributed by atoms with Gasteiger partial charge in [0.05, 0.1) is 0 Å². The third-order valence-electron chi connectivity index (χ3n) is 4.74. The number of allylic oxidation sites excluding steroid dienone is 2. The van der Waals surface area contributed by atoms with Crippen LogP contribution in [-0.2, 0) is 0 Å². The monoisotopic (exact) mass is 192 g/mol. The van der Waals surface area contributed by atoms with Gasteiger partial charge in [-0.2, -0.15) is 0 Å². The Balaban J connectivity index is 2.25. The second-order valence-corrected chi connectivity index (χ2v) is 5.70. The van der Waals surface area contributed by atoms with Gasteiger partial charge in [-0.15, -0.1) is 0 Å². The molecule has 1 saturated carbocycles. The molecular formula is C14H24. The first kappa shape index (κ1) is 10.3. The maximum Gasteiger partial charge on any atom is 0.0155 e. The molecule has 0 aromatic heterocycles. The van der Waals surface area contributed by atoms with Crippen molar-refractivity contribution in [2.45, 2.75) is 53.9 Å². The quantitative estimate of drug-likeness (QED) is 0.581. The molecule has 0 aromatic carbocycles. The molecule has 0 heterocycles. The highest BCUT2D eigenvalue weighted by Crippen LogP contribution is 2.71. The lowest BCUT2D eigenvalue weighted by Gasteiger charge is -2.23. The summed E-state index contributed by atoms with van der Waals surface area (Å²) >= 11 is 0. The van der Waals surface area contributed by atoms with Gasteiger partial charge < -0.3 is 0 Å². The van der Waals surface area contributed by atoms with E-state index in [1.165, 1.54) is 19.3 Å². The van der Waals surface area contributed by atoms with E-state index in [4.69, 9.17) is 0 Å². The fourth-order valence-electron chi connectivity index (χ4n) is 3.76. The van der Waals surface area contributed by atoms with Crippen molar-refractivity contribution in [1.29, 1.82) is 0 Å². The number of fused-ring (bicyclic) bond motifs is 1. The summed E-state index contributed by atoms with van der Waals surface area (Å²) in [6.45, 7) is 12.0. The molecule has 0 nitrogen and oxygen atoms in total. The molecule has 0 aromatic rings. The van der Waals surface area contributed by atoms with E-state index in [1.807, 2.05) is 11.1 Å². The van der Waals surface area contributed by atoms with E-state index in [9.17, 15) is 0 Å². The van der Waals surface area contributed by atoms with Crippen molar-refractivity contribution >= 4 is 0 Å². The summed E-state index contributed by atoms with van der Waals surface area (Å²) in [6.07, 6.45) is 4.20. The van der Waals surface area contributed by atoms with Crippen LogP contribution in [0.1, 0.15) is 53.9 Å². The van der Waals surface area contributed by atoms with Crippen molar-refractivity contribution in [2.24, 2.45) is 23.2 Å². The predicted molar refractivity (Wildman–Crippen MR) is 62.2 cm³/mol. The largest absolute Gasteiger partial charge is 0.0648 e. The van der Waals surface area contributed by atoms with E-state index in [2.05, 4.69) is 34.6 Å². The summed E-state index contributed by atoms with van der Waals surface area (Å²) in [5, 5.41) is 0. The van der Waals surface area contributed by atoms with Gasteiger partial charge in [0.25, 0.3) is 0 Å². The molecule has 2 aliphatic carbocycles. The average Bonchev–Trinajstić information content (AvgIpc) is 2.73. The van der Waals surface area contributed by atoms with Crippen LogP contribution < -0.4 is 0 Å². The first-order chi connectivity index (χ1) is 6.55. The van der Waals surface area contributed by atoms with Gasteiger partial charge >= 0.3 is 0 Å². The van der Waals surface area contributed by atoms with E-state index >= 15 is 0 Å². The molecule has 0 bridgehead atoms. The van der Waals surface area contributed by atoms with Gasteiger partial charge in [-0.05, 0) is 37.0 Å². The van der Waals surface area contributed by atoms with Crippen molar-refractivity contribution in [1.82, 2.24) is 0 Å². The first-order valence-corrected chi connectivity index (χ1v) is 6.30. The summed E-state index contributed by atoms with van der Waals surface area (Å²) in [7, 11) is 0. The second-order valence-electron chi connectivity index (χ2n) is 5.70. The number of rotatable bonds is 3. The molecule has 0 radical (unpaired) electrons. The van der Waals surface area contributed by atoms with Crippen molar-refractivity contribution in [3.63, 3.8) is 0 Å². The van der Waals surface area contributed by atoms with Crippen molar-refractivity contribution in [2.75, 3.05) is 0 Å². The van der Waals surface area contributed by atoms with E-state index in [1.54, 1.807) is 0 Å². The van der Waals surface area contributed by atoms with E-state index < -0.39 is 0 Å². The minimum Gasteiger partial charge on any atom is -0.0648 e. The van der Waals surface area contributed by atoms with Crippen LogP contribution in [0.3, 0.4) is 0 Å². The fourth-order valence-corrected chi connectivity index (χ4v) is 3.76. The highest BCUT2D eigenvalue weighted by atomic mass is 14.6. The van der Waals surface area contributed by atoms with Crippen molar-refractivity contribution < 1.29 is 0 Å². The second kappa shape index (κ2) is 3.12. The van der Waals surface area contributed by atoms with Crippen LogP contribution >= 0.6 is 0 Å². The maximum atomic E-state index is 2.43. The SMILES string of the molecule is CCC(C)C1=C2C(C)CCC12C(C)C. The van der Waals surface area contributed by atoms with Crippen molar-refractivity contribution in [3.8, 4) is 0 Å². The molecule has 80 valence electrons. The molecule has 0 spiro atoms. The summed E-state index contributed by atoms with van der Waals surface area (Å²) in [5.41, 5.74) is 4.32.